The van der Waals surface area contributed by atoms with Crippen LogP contribution in [0.4, 0.5) is 5.69 Å². The number of amides is 2. The van der Waals surface area contributed by atoms with Crippen molar-refractivity contribution >= 4 is 39.1 Å². The Balaban J connectivity index is 2.20. The summed E-state index contributed by atoms with van der Waals surface area (Å²) in [6, 6.07) is 11.2. The van der Waals surface area contributed by atoms with Crippen molar-refractivity contribution in [1.82, 2.24) is 10.6 Å². The topological polar surface area (TPSA) is 104 Å². The lowest BCUT2D eigenvalue weighted by Gasteiger charge is -2.14. The Bertz CT molecular complexity index is 947. The van der Waals surface area contributed by atoms with E-state index in [0.29, 0.717) is 6.54 Å². The lowest BCUT2D eigenvalue weighted by molar-refractivity contribution is -0.122. The number of para-hydroxylation sites is 1. The van der Waals surface area contributed by atoms with Crippen LogP contribution in [0.3, 0.4) is 0 Å². The summed E-state index contributed by atoms with van der Waals surface area (Å²) in [4.78, 5) is 24.0. The van der Waals surface area contributed by atoms with E-state index in [-0.39, 0.29) is 27.1 Å². The molecule has 1 atom stereocenters. The van der Waals surface area contributed by atoms with Crippen molar-refractivity contribution in [1.29, 1.82) is 0 Å². The van der Waals surface area contributed by atoms with E-state index in [1.807, 2.05) is 0 Å². The molecule has 3 N–H and O–H groups in total. The van der Waals surface area contributed by atoms with Gasteiger partial charge in [0.25, 0.3) is 15.9 Å². The van der Waals surface area contributed by atoms with Crippen LogP contribution in [0.2, 0.25) is 5.02 Å². The molecule has 2 aromatic carbocycles. The lowest BCUT2D eigenvalue weighted by Crippen LogP contribution is -2.44. The SMILES string of the molecule is CCNC(=O)[C@@H](C)NC(=O)c1cccc(S(=O)(=O)Nc2ccccc2Cl)c1. The Kier molecular flexibility index (Phi) is 6.81. The van der Waals surface area contributed by atoms with Gasteiger partial charge in [-0.05, 0) is 44.2 Å². The molecule has 0 aliphatic rings. The number of anilines is 1. The first-order valence-electron chi connectivity index (χ1n) is 8.20. The van der Waals surface area contributed by atoms with Crippen LogP contribution >= 0.6 is 11.6 Å². The fourth-order valence-corrected chi connectivity index (χ4v) is 3.59. The highest BCUT2D eigenvalue weighted by molar-refractivity contribution is 7.92. The quantitative estimate of drug-likeness (QED) is 0.653. The third-order valence-electron chi connectivity index (χ3n) is 3.62. The van der Waals surface area contributed by atoms with Crippen molar-refractivity contribution in [3.8, 4) is 0 Å². The van der Waals surface area contributed by atoms with Crippen molar-refractivity contribution in [2.75, 3.05) is 11.3 Å². The zero-order valence-corrected chi connectivity index (χ0v) is 16.4. The van der Waals surface area contributed by atoms with Gasteiger partial charge in [-0.25, -0.2) is 8.42 Å². The van der Waals surface area contributed by atoms with E-state index in [2.05, 4.69) is 15.4 Å². The number of carbonyl (C=O) groups excluding carboxylic acids is 2. The van der Waals surface area contributed by atoms with Gasteiger partial charge in [0.05, 0.1) is 15.6 Å². The number of rotatable bonds is 7. The maximum Gasteiger partial charge on any atom is 0.261 e. The molecule has 0 heterocycles. The molecule has 0 aromatic heterocycles. The van der Waals surface area contributed by atoms with E-state index in [0.717, 1.165) is 0 Å². The second-order valence-electron chi connectivity index (χ2n) is 5.70. The molecule has 0 radical (unpaired) electrons. The second kappa shape index (κ2) is 8.88. The van der Waals surface area contributed by atoms with Crippen molar-refractivity contribution < 1.29 is 18.0 Å². The molecular formula is C18H20ClN3O4S. The monoisotopic (exact) mass is 409 g/mol. The molecule has 9 heteroatoms. The number of hydrogen-bond acceptors (Lipinski definition) is 4. The number of hydrogen-bond donors (Lipinski definition) is 3. The van der Waals surface area contributed by atoms with Crippen LogP contribution in [0, 0.1) is 0 Å². The molecule has 2 rings (SSSR count). The number of halogens is 1. The van der Waals surface area contributed by atoms with Crippen LogP contribution in [0.15, 0.2) is 53.4 Å². The van der Waals surface area contributed by atoms with Crippen molar-refractivity contribution in [3.63, 3.8) is 0 Å². The standard InChI is InChI=1S/C18H20ClN3O4S/c1-3-20-17(23)12(2)21-18(24)13-7-6-8-14(11-13)27(25,26)22-16-10-5-4-9-15(16)19/h4-12,22H,3H2,1-2H3,(H,20,23)(H,21,24)/t12-/m1/s1. The van der Waals surface area contributed by atoms with E-state index in [1.165, 1.54) is 30.3 Å². The van der Waals surface area contributed by atoms with Crippen LogP contribution in [0.25, 0.3) is 0 Å². The zero-order chi connectivity index (χ0) is 20.0. The van der Waals surface area contributed by atoms with Crippen LogP contribution in [-0.4, -0.2) is 32.8 Å². The predicted molar refractivity (Wildman–Crippen MR) is 104 cm³/mol. The Hall–Kier alpha value is -2.58. The molecule has 144 valence electrons. The van der Waals surface area contributed by atoms with E-state index in [9.17, 15) is 18.0 Å². The van der Waals surface area contributed by atoms with Gasteiger partial charge < -0.3 is 10.6 Å². The number of carbonyl (C=O) groups is 2. The highest BCUT2D eigenvalue weighted by Crippen LogP contribution is 2.24. The van der Waals surface area contributed by atoms with Crippen LogP contribution in [0.5, 0.6) is 0 Å². The van der Waals surface area contributed by atoms with Gasteiger partial charge in [-0.15, -0.1) is 0 Å². The highest BCUT2D eigenvalue weighted by atomic mass is 35.5. The predicted octanol–water partition coefficient (Wildman–Crippen LogP) is 2.40. The molecule has 7 nitrogen and oxygen atoms in total. The molecule has 0 spiro atoms. The van der Waals surface area contributed by atoms with Crippen molar-refractivity contribution in [3.05, 3.63) is 59.1 Å². The molecule has 0 aliphatic carbocycles. The highest BCUT2D eigenvalue weighted by Gasteiger charge is 2.20. The summed E-state index contributed by atoms with van der Waals surface area (Å²) in [7, 11) is -3.94. The fourth-order valence-electron chi connectivity index (χ4n) is 2.23. The Morgan fingerprint density at radius 2 is 1.81 bits per heavy atom. The Labute approximate surface area is 163 Å². The molecule has 2 amide bonds. The molecule has 0 fully saturated rings. The number of sulfonamides is 1. The summed E-state index contributed by atoms with van der Waals surface area (Å²) in [6.07, 6.45) is 0. The molecule has 0 saturated heterocycles. The van der Waals surface area contributed by atoms with Crippen LogP contribution in [-0.2, 0) is 14.8 Å². The first-order valence-corrected chi connectivity index (χ1v) is 10.1. The summed E-state index contributed by atoms with van der Waals surface area (Å²) >= 11 is 5.98. The van der Waals surface area contributed by atoms with Gasteiger partial charge in [-0.1, -0.05) is 29.8 Å². The molecule has 0 saturated carbocycles. The van der Waals surface area contributed by atoms with Gasteiger partial charge in [0, 0.05) is 12.1 Å². The third kappa shape index (κ3) is 5.45. The Morgan fingerprint density at radius 3 is 2.48 bits per heavy atom. The van der Waals surface area contributed by atoms with Gasteiger partial charge >= 0.3 is 0 Å². The molecule has 0 aliphatic heterocycles. The minimum atomic E-state index is -3.94. The summed E-state index contributed by atoms with van der Waals surface area (Å²) < 4.78 is 27.5. The van der Waals surface area contributed by atoms with Crippen molar-refractivity contribution in [2.24, 2.45) is 0 Å². The molecule has 0 bridgehead atoms. The van der Waals surface area contributed by atoms with Gasteiger partial charge in [-0.3, -0.25) is 14.3 Å². The Morgan fingerprint density at radius 1 is 1.11 bits per heavy atom. The van der Waals surface area contributed by atoms with Crippen LogP contribution < -0.4 is 15.4 Å². The summed E-state index contributed by atoms with van der Waals surface area (Å²) in [5.41, 5.74) is 0.354. The molecule has 0 unspecified atom stereocenters. The van der Waals surface area contributed by atoms with Gasteiger partial charge in [0.1, 0.15) is 6.04 Å². The maximum atomic E-state index is 12.6. The van der Waals surface area contributed by atoms with E-state index >= 15 is 0 Å². The van der Waals surface area contributed by atoms with Gasteiger partial charge in [-0.2, -0.15) is 0 Å². The fraction of sp³-hybridized carbons (Fsp3) is 0.222. The summed E-state index contributed by atoms with van der Waals surface area (Å²) in [5.74, 6) is -0.876. The van der Waals surface area contributed by atoms with Crippen molar-refractivity contribution in [2.45, 2.75) is 24.8 Å². The zero-order valence-electron chi connectivity index (χ0n) is 14.8. The minimum Gasteiger partial charge on any atom is -0.355 e. The lowest BCUT2D eigenvalue weighted by atomic mass is 10.2. The average molecular weight is 410 g/mol. The van der Waals surface area contributed by atoms with Crippen LogP contribution in [0.1, 0.15) is 24.2 Å². The molecular weight excluding hydrogens is 390 g/mol. The van der Waals surface area contributed by atoms with E-state index < -0.39 is 22.0 Å². The first kappa shape index (κ1) is 20.7. The molecule has 2 aromatic rings. The summed E-state index contributed by atoms with van der Waals surface area (Å²) in [5, 5.41) is 5.38. The maximum absolute atomic E-state index is 12.6. The number of nitrogens with one attached hydrogen (secondary N) is 3. The minimum absolute atomic E-state index is 0.0965. The first-order chi connectivity index (χ1) is 12.7. The third-order valence-corrected chi connectivity index (χ3v) is 5.31. The smallest absolute Gasteiger partial charge is 0.261 e. The average Bonchev–Trinajstić information content (AvgIpc) is 2.63. The summed E-state index contributed by atoms with van der Waals surface area (Å²) in [6.45, 7) is 3.76. The normalized spacial score (nSPS) is 12.1. The second-order valence-corrected chi connectivity index (χ2v) is 7.79. The molecule has 27 heavy (non-hydrogen) atoms. The number of likely N-dealkylation sites (N-methyl/N-ethyl adjacent to an activating group) is 1. The van der Waals surface area contributed by atoms with Gasteiger partial charge in [0.2, 0.25) is 5.91 Å². The van der Waals surface area contributed by atoms with E-state index in [4.69, 9.17) is 11.6 Å². The van der Waals surface area contributed by atoms with Gasteiger partial charge in [0.15, 0.2) is 0 Å². The number of benzene rings is 2. The largest absolute Gasteiger partial charge is 0.355 e. The van der Waals surface area contributed by atoms with E-state index in [1.54, 1.807) is 32.0 Å².